The van der Waals surface area contributed by atoms with Crippen molar-refractivity contribution in [3.05, 3.63) is 30.1 Å². The largest absolute Gasteiger partial charge is 0.396 e. The molecule has 3 nitrogen and oxygen atoms in total. The van der Waals surface area contributed by atoms with Crippen LogP contribution in [-0.4, -0.2) is 21.8 Å². The first-order chi connectivity index (χ1) is 7.33. The van der Waals surface area contributed by atoms with Crippen LogP contribution in [0.2, 0.25) is 0 Å². The van der Waals surface area contributed by atoms with Gasteiger partial charge in [-0.05, 0) is 25.0 Å². The van der Waals surface area contributed by atoms with Gasteiger partial charge in [0, 0.05) is 25.0 Å². The summed E-state index contributed by atoms with van der Waals surface area (Å²) in [5, 5.41) is 8.73. The summed E-state index contributed by atoms with van der Waals surface area (Å²) < 4.78 is 0. The molecule has 1 rings (SSSR count). The number of hydrogen-bond acceptors (Lipinski definition) is 4. The van der Waals surface area contributed by atoms with Gasteiger partial charge in [0.25, 0.3) is 0 Å². The summed E-state index contributed by atoms with van der Waals surface area (Å²) in [4.78, 5) is 15.5. The van der Waals surface area contributed by atoms with E-state index in [1.807, 2.05) is 18.2 Å². The molecule has 82 valence electrons. The van der Waals surface area contributed by atoms with Crippen LogP contribution in [0.3, 0.4) is 0 Å². The van der Waals surface area contributed by atoms with E-state index in [0.717, 1.165) is 12.1 Å². The SMILES string of the molecule is O=C(CCCCO)SCc1ccccn1. The van der Waals surface area contributed by atoms with E-state index in [-0.39, 0.29) is 11.7 Å². The fourth-order valence-corrected chi connectivity index (χ4v) is 1.86. The molecule has 0 bridgehead atoms. The second-order valence-electron chi connectivity index (χ2n) is 3.16. The number of pyridine rings is 1. The molecule has 0 atom stereocenters. The molecule has 0 unspecified atom stereocenters. The summed E-state index contributed by atoms with van der Waals surface area (Å²) in [5.41, 5.74) is 0.929. The number of aromatic nitrogens is 1. The van der Waals surface area contributed by atoms with E-state index in [0.29, 0.717) is 18.6 Å². The maximum atomic E-state index is 11.3. The normalized spacial score (nSPS) is 10.2. The Morgan fingerprint density at radius 3 is 2.93 bits per heavy atom. The number of unbranched alkanes of at least 4 members (excludes halogenated alkanes) is 1. The number of aliphatic hydroxyl groups excluding tert-OH is 1. The summed E-state index contributed by atoms with van der Waals surface area (Å²) in [7, 11) is 0. The molecular weight excluding hydrogens is 210 g/mol. The highest BCUT2D eigenvalue weighted by molar-refractivity contribution is 8.12. The van der Waals surface area contributed by atoms with E-state index in [1.165, 1.54) is 11.8 Å². The predicted octanol–water partition coefficient (Wildman–Crippen LogP) is 2.00. The lowest BCUT2D eigenvalue weighted by molar-refractivity contribution is -0.111. The van der Waals surface area contributed by atoms with Gasteiger partial charge in [0.1, 0.15) is 0 Å². The molecule has 0 spiro atoms. The Kier molecular flexibility index (Phi) is 6.04. The van der Waals surface area contributed by atoms with Crippen molar-refractivity contribution in [2.24, 2.45) is 0 Å². The van der Waals surface area contributed by atoms with Crippen LogP contribution in [0.5, 0.6) is 0 Å². The molecule has 15 heavy (non-hydrogen) atoms. The average molecular weight is 225 g/mol. The molecule has 0 aliphatic heterocycles. The molecule has 1 heterocycles. The summed E-state index contributed by atoms with van der Waals surface area (Å²) in [6.45, 7) is 0.165. The number of nitrogens with zero attached hydrogens (tertiary/aromatic N) is 1. The van der Waals surface area contributed by atoms with Crippen molar-refractivity contribution < 1.29 is 9.90 Å². The van der Waals surface area contributed by atoms with Crippen LogP contribution in [0.25, 0.3) is 0 Å². The second-order valence-corrected chi connectivity index (χ2v) is 4.20. The maximum Gasteiger partial charge on any atom is 0.189 e. The summed E-state index contributed by atoms with van der Waals surface area (Å²) in [6.07, 6.45) is 3.74. The van der Waals surface area contributed by atoms with E-state index in [4.69, 9.17) is 5.11 Å². The average Bonchev–Trinajstić information content (AvgIpc) is 2.28. The Hall–Kier alpha value is -0.870. The summed E-state index contributed by atoms with van der Waals surface area (Å²) >= 11 is 1.30. The minimum absolute atomic E-state index is 0.165. The van der Waals surface area contributed by atoms with Gasteiger partial charge in [0.2, 0.25) is 0 Å². The number of thioether (sulfide) groups is 1. The monoisotopic (exact) mass is 225 g/mol. The van der Waals surface area contributed by atoms with Crippen molar-refractivity contribution in [3.63, 3.8) is 0 Å². The molecule has 0 radical (unpaired) electrons. The van der Waals surface area contributed by atoms with Crippen LogP contribution in [0.15, 0.2) is 24.4 Å². The molecule has 1 N–H and O–H groups in total. The van der Waals surface area contributed by atoms with Gasteiger partial charge in [-0.2, -0.15) is 0 Å². The van der Waals surface area contributed by atoms with E-state index in [1.54, 1.807) is 6.20 Å². The fraction of sp³-hybridized carbons (Fsp3) is 0.455. The molecular formula is C11H15NO2S. The van der Waals surface area contributed by atoms with Crippen LogP contribution >= 0.6 is 11.8 Å². The van der Waals surface area contributed by atoms with Crippen molar-refractivity contribution in [1.29, 1.82) is 0 Å². The maximum absolute atomic E-state index is 11.3. The molecule has 0 amide bonds. The van der Waals surface area contributed by atoms with Gasteiger partial charge >= 0.3 is 0 Å². The number of carbonyl (C=O) groups excluding carboxylic acids is 1. The van der Waals surface area contributed by atoms with Crippen molar-refractivity contribution in [2.75, 3.05) is 6.61 Å². The minimum atomic E-state index is 0.165. The zero-order valence-corrected chi connectivity index (χ0v) is 9.37. The van der Waals surface area contributed by atoms with Gasteiger partial charge in [-0.15, -0.1) is 0 Å². The molecule has 0 aliphatic rings. The quantitative estimate of drug-likeness (QED) is 0.752. The zero-order valence-electron chi connectivity index (χ0n) is 8.56. The highest BCUT2D eigenvalue weighted by Gasteiger charge is 2.03. The van der Waals surface area contributed by atoms with Crippen LogP contribution < -0.4 is 0 Å². The first-order valence-corrected chi connectivity index (χ1v) is 5.98. The number of aliphatic hydroxyl groups is 1. The molecule has 0 aromatic carbocycles. The van der Waals surface area contributed by atoms with Gasteiger partial charge in [0.15, 0.2) is 5.12 Å². The summed E-state index contributed by atoms with van der Waals surface area (Å²) in [6, 6.07) is 5.68. The highest BCUT2D eigenvalue weighted by Crippen LogP contribution is 2.14. The van der Waals surface area contributed by atoms with E-state index < -0.39 is 0 Å². The van der Waals surface area contributed by atoms with Gasteiger partial charge in [-0.3, -0.25) is 9.78 Å². The lowest BCUT2D eigenvalue weighted by Gasteiger charge is -1.99. The third-order valence-corrected chi connectivity index (χ3v) is 2.86. The van der Waals surface area contributed by atoms with Gasteiger partial charge < -0.3 is 5.11 Å². The predicted molar refractivity (Wildman–Crippen MR) is 61.5 cm³/mol. The Labute approximate surface area is 93.9 Å². The molecule has 0 aliphatic carbocycles. The van der Waals surface area contributed by atoms with Crippen LogP contribution in [0.1, 0.15) is 25.0 Å². The van der Waals surface area contributed by atoms with Crippen LogP contribution in [0, 0.1) is 0 Å². The van der Waals surface area contributed by atoms with E-state index in [2.05, 4.69) is 4.98 Å². The zero-order chi connectivity index (χ0) is 10.9. The topological polar surface area (TPSA) is 50.2 Å². The minimum Gasteiger partial charge on any atom is -0.396 e. The lowest BCUT2D eigenvalue weighted by atomic mass is 10.3. The van der Waals surface area contributed by atoms with Crippen LogP contribution in [0.4, 0.5) is 0 Å². The van der Waals surface area contributed by atoms with Gasteiger partial charge in [-0.1, -0.05) is 17.8 Å². The molecule has 0 saturated heterocycles. The Balaban J connectivity index is 2.17. The lowest BCUT2D eigenvalue weighted by Crippen LogP contribution is -1.95. The summed E-state index contributed by atoms with van der Waals surface area (Å²) in [5.74, 6) is 0.638. The molecule has 1 aromatic heterocycles. The highest BCUT2D eigenvalue weighted by atomic mass is 32.2. The molecule has 0 fully saturated rings. The van der Waals surface area contributed by atoms with Gasteiger partial charge in [0.05, 0.1) is 5.69 Å². The number of carbonyl (C=O) groups is 1. The Morgan fingerprint density at radius 1 is 1.40 bits per heavy atom. The van der Waals surface area contributed by atoms with Gasteiger partial charge in [-0.25, -0.2) is 0 Å². The van der Waals surface area contributed by atoms with Crippen molar-refractivity contribution in [3.8, 4) is 0 Å². The van der Waals surface area contributed by atoms with Crippen molar-refractivity contribution in [2.45, 2.75) is 25.0 Å². The molecule has 1 aromatic rings. The first-order valence-electron chi connectivity index (χ1n) is 4.99. The Morgan fingerprint density at radius 2 is 2.27 bits per heavy atom. The number of hydrogen-bond donors (Lipinski definition) is 1. The smallest absolute Gasteiger partial charge is 0.189 e. The fourth-order valence-electron chi connectivity index (χ4n) is 1.09. The number of rotatable bonds is 6. The van der Waals surface area contributed by atoms with Crippen molar-refractivity contribution in [1.82, 2.24) is 4.98 Å². The standard InChI is InChI=1S/C11H15NO2S/c13-8-4-2-6-11(14)15-9-10-5-1-3-7-12-10/h1,3,5,7,13H,2,4,6,8-9H2. The third kappa shape index (κ3) is 5.54. The second kappa shape index (κ2) is 7.43. The van der Waals surface area contributed by atoms with Crippen LogP contribution in [-0.2, 0) is 10.5 Å². The van der Waals surface area contributed by atoms with E-state index >= 15 is 0 Å². The third-order valence-electron chi connectivity index (χ3n) is 1.90. The molecule has 0 saturated carbocycles. The van der Waals surface area contributed by atoms with Crippen molar-refractivity contribution >= 4 is 16.9 Å². The molecule has 4 heteroatoms. The Bertz CT molecular complexity index is 290. The first kappa shape index (κ1) is 12.2. The van der Waals surface area contributed by atoms with E-state index in [9.17, 15) is 4.79 Å².